The van der Waals surface area contributed by atoms with E-state index in [-0.39, 0.29) is 17.9 Å². The maximum atomic E-state index is 12.6. The van der Waals surface area contributed by atoms with Crippen LogP contribution in [0.2, 0.25) is 0 Å². The first kappa shape index (κ1) is 20.5. The minimum Gasteiger partial charge on any atom is -0.493 e. The highest BCUT2D eigenvalue weighted by molar-refractivity contribution is 5.95. The lowest BCUT2D eigenvalue weighted by Crippen LogP contribution is -2.23. The van der Waals surface area contributed by atoms with Gasteiger partial charge in [0.25, 0.3) is 5.91 Å². The molecule has 3 aromatic rings. The molecule has 0 aliphatic carbocycles. The van der Waals surface area contributed by atoms with Gasteiger partial charge in [-0.1, -0.05) is 26.8 Å². The van der Waals surface area contributed by atoms with Gasteiger partial charge in [0.2, 0.25) is 0 Å². The standard InChI is InChI=1S/C23H25NO5/c1-23(2,3)16-7-9-18-17(12-16)15(11-21(25)29-18)13-24-22(26)14-6-8-19(27-4)20(10-14)28-5/h6-12H,13H2,1-5H3,(H,24,26). The highest BCUT2D eigenvalue weighted by Crippen LogP contribution is 2.28. The minimum absolute atomic E-state index is 0.0511. The summed E-state index contributed by atoms with van der Waals surface area (Å²) >= 11 is 0. The van der Waals surface area contributed by atoms with Crippen LogP contribution in [0.15, 0.2) is 51.7 Å². The van der Waals surface area contributed by atoms with Gasteiger partial charge in [-0.2, -0.15) is 0 Å². The van der Waals surface area contributed by atoms with Crippen LogP contribution >= 0.6 is 0 Å². The van der Waals surface area contributed by atoms with Crippen LogP contribution in [0.1, 0.15) is 42.3 Å². The number of rotatable bonds is 5. The highest BCUT2D eigenvalue weighted by atomic mass is 16.5. The smallest absolute Gasteiger partial charge is 0.336 e. The molecular weight excluding hydrogens is 370 g/mol. The van der Waals surface area contributed by atoms with Gasteiger partial charge in [0.1, 0.15) is 5.58 Å². The molecule has 0 spiro atoms. The van der Waals surface area contributed by atoms with Crippen molar-refractivity contribution in [2.24, 2.45) is 0 Å². The van der Waals surface area contributed by atoms with E-state index in [0.29, 0.717) is 28.2 Å². The van der Waals surface area contributed by atoms with Gasteiger partial charge in [-0.3, -0.25) is 4.79 Å². The number of hydrogen-bond donors (Lipinski definition) is 1. The predicted molar refractivity (Wildman–Crippen MR) is 112 cm³/mol. The van der Waals surface area contributed by atoms with E-state index in [1.807, 2.05) is 12.1 Å². The first-order valence-corrected chi connectivity index (χ1v) is 9.30. The highest BCUT2D eigenvalue weighted by Gasteiger charge is 2.17. The van der Waals surface area contributed by atoms with Gasteiger partial charge in [-0.15, -0.1) is 0 Å². The summed E-state index contributed by atoms with van der Waals surface area (Å²) in [5, 5.41) is 3.68. The van der Waals surface area contributed by atoms with Crippen LogP contribution in [0, 0.1) is 0 Å². The number of hydrogen-bond acceptors (Lipinski definition) is 5. The van der Waals surface area contributed by atoms with Crippen molar-refractivity contribution < 1.29 is 18.7 Å². The SMILES string of the molecule is COc1ccc(C(=O)NCc2cc(=O)oc3ccc(C(C)(C)C)cc23)cc1OC. The molecular formula is C23H25NO5. The van der Waals surface area contributed by atoms with Crippen molar-refractivity contribution >= 4 is 16.9 Å². The summed E-state index contributed by atoms with van der Waals surface area (Å²) in [7, 11) is 3.05. The van der Waals surface area contributed by atoms with E-state index in [0.717, 1.165) is 10.9 Å². The fraction of sp³-hybridized carbons (Fsp3) is 0.304. The molecule has 0 fully saturated rings. The lowest BCUT2D eigenvalue weighted by Gasteiger charge is -2.19. The minimum atomic E-state index is -0.448. The Morgan fingerprint density at radius 2 is 1.72 bits per heavy atom. The Morgan fingerprint density at radius 3 is 2.38 bits per heavy atom. The average molecular weight is 395 g/mol. The Bertz CT molecular complexity index is 1110. The Labute approximate surface area is 169 Å². The first-order valence-electron chi connectivity index (χ1n) is 9.30. The monoisotopic (exact) mass is 395 g/mol. The summed E-state index contributed by atoms with van der Waals surface area (Å²) in [4.78, 5) is 24.6. The molecule has 2 aromatic carbocycles. The summed E-state index contributed by atoms with van der Waals surface area (Å²) in [5.74, 6) is 0.741. The lowest BCUT2D eigenvalue weighted by molar-refractivity contribution is 0.0950. The summed E-state index contributed by atoms with van der Waals surface area (Å²) in [5.41, 5.74) is 2.26. The lowest BCUT2D eigenvalue weighted by atomic mass is 9.86. The number of nitrogens with one attached hydrogen (secondary N) is 1. The Balaban J connectivity index is 1.90. The third-order valence-electron chi connectivity index (χ3n) is 4.78. The van der Waals surface area contributed by atoms with Gasteiger partial charge in [0.05, 0.1) is 14.2 Å². The molecule has 0 radical (unpaired) electrons. The summed E-state index contributed by atoms with van der Waals surface area (Å²) < 4.78 is 15.8. The van der Waals surface area contributed by atoms with Crippen molar-refractivity contribution in [1.82, 2.24) is 5.32 Å². The molecule has 0 atom stereocenters. The van der Waals surface area contributed by atoms with E-state index in [1.54, 1.807) is 24.3 Å². The third kappa shape index (κ3) is 4.42. The third-order valence-corrected chi connectivity index (χ3v) is 4.78. The molecule has 6 nitrogen and oxygen atoms in total. The fourth-order valence-electron chi connectivity index (χ4n) is 3.10. The topological polar surface area (TPSA) is 77.8 Å². The van der Waals surface area contributed by atoms with E-state index < -0.39 is 5.63 Å². The molecule has 3 rings (SSSR count). The maximum absolute atomic E-state index is 12.6. The van der Waals surface area contributed by atoms with Gasteiger partial charge in [-0.05, 0) is 46.9 Å². The zero-order valence-corrected chi connectivity index (χ0v) is 17.3. The molecule has 0 bridgehead atoms. The van der Waals surface area contributed by atoms with Crippen LogP contribution in [0.5, 0.6) is 11.5 Å². The van der Waals surface area contributed by atoms with Crippen LogP contribution in [0.25, 0.3) is 11.0 Å². The molecule has 0 unspecified atom stereocenters. The van der Waals surface area contributed by atoms with E-state index >= 15 is 0 Å². The average Bonchev–Trinajstić information content (AvgIpc) is 2.69. The van der Waals surface area contributed by atoms with Crippen molar-refractivity contribution in [1.29, 1.82) is 0 Å². The van der Waals surface area contributed by atoms with E-state index in [1.165, 1.54) is 20.3 Å². The van der Waals surface area contributed by atoms with E-state index in [4.69, 9.17) is 13.9 Å². The normalized spacial score (nSPS) is 11.3. The van der Waals surface area contributed by atoms with Crippen molar-refractivity contribution in [2.75, 3.05) is 14.2 Å². The molecule has 1 amide bonds. The van der Waals surface area contributed by atoms with Gasteiger partial charge in [0.15, 0.2) is 11.5 Å². The van der Waals surface area contributed by atoms with Gasteiger partial charge < -0.3 is 19.2 Å². The van der Waals surface area contributed by atoms with E-state index in [2.05, 4.69) is 26.1 Å². The number of methoxy groups -OCH3 is 2. The van der Waals surface area contributed by atoms with Crippen LogP contribution in [0.3, 0.4) is 0 Å². The summed E-state index contributed by atoms with van der Waals surface area (Å²) in [6.45, 7) is 6.55. The van der Waals surface area contributed by atoms with Crippen molar-refractivity contribution in [3.05, 3.63) is 69.6 Å². The number of benzene rings is 2. The molecule has 0 aliphatic heterocycles. The Morgan fingerprint density at radius 1 is 1.00 bits per heavy atom. The van der Waals surface area contributed by atoms with Gasteiger partial charge in [-0.25, -0.2) is 4.79 Å². The molecule has 29 heavy (non-hydrogen) atoms. The van der Waals surface area contributed by atoms with Crippen LogP contribution in [-0.4, -0.2) is 20.1 Å². The van der Waals surface area contributed by atoms with Crippen molar-refractivity contribution in [3.63, 3.8) is 0 Å². The Kier molecular flexibility index (Phi) is 5.64. The second-order valence-electron chi connectivity index (χ2n) is 7.80. The fourth-order valence-corrected chi connectivity index (χ4v) is 3.10. The molecule has 0 saturated carbocycles. The zero-order valence-electron chi connectivity index (χ0n) is 17.3. The Hall–Kier alpha value is -3.28. The molecule has 6 heteroatoms. The molecule has 0 saturated heterocycles. The number of fused-ring (bicyclic) bond motifs is 1. The van der Waals surface area contributed by atoms with Crippen molar-refractivity contribution in [3.8, 4) is 11.5 Å². The summed E-state index contributed by atoms with van der Waals surface area (Å²) in [6, 6.07) is 12.1. The van der Waals surface area contributed by atoms with E-state index in [9.17, 15) is 9.59 Å². The molecule has 1 heterocycles. The number of amides is 1. The van der Waals surface area contributed by atoms with Crippen LogP contribution in [-0.2, 0) is 12.0 Å². The van der Waals surface area contributed by atoms with Crippen LogP contribution in [0.4, 0.5) is 0 Å². The van der Waals surface area contributed by atoms with Crippen LogP contribution < -0.4 is 20.4 Å². The number of carbonyl (C=O) groups excluding carboxylic acids is 1. The predicted octanol–water partition coefficient (Wildman–Crippen LogP) is 4.04. The first-order chi connectivity index (χ1) is 13.7. The number of carbonyl (C=O) groups is 1. The summed E-state index contributed by atoms with van der Waals surface area (Å²) in [6.07, 6.45) is 0. The molecule has 1 aromatic heterocycles. The maximum Gasteiger partial charge on any atom is 0.336 e. The molecule has 0 aliphatic rings. The van der Waals surface area contributed by atoms with Gasteiger partial charge in [0, 0.05) is 23.6 Å². The number of ether oxygens (including phenoxy) is 2. The second kappa shape index (κ2) is 7.99. The molecule has 152 valence electrons. The molecule has 1 N–H and O–H groups in total. The van der Waals surface area contributed by atoms with Crippen molar-refractivity contribution in [2.45, 2.75) is 32.7 Å². The van der Waals surface area contributed by atoms with Gasteiger partial charge >= 0.3 is 5.63 Å². The quantitative estimate of drug-likeness (QED) is 0.660. The second-order valence-corrected chi connectivity index (χ2v) is 7.80. The zero-order chi connectivity index (χ0) is 21.2. The largest absolute Gasteiger partial charge is 0.493 e.